The first-order valence-corrected chi connectivity index (χ1v) is 9.09. The number of thiazole rings is 1. The van der Waals surface area contributed by atoms with Gasteiger partial charge in [-0.3, -0.25) is 4.72 Å². The van der Waals surface area contributed by atoms with Crippen molar-refractivity contribution >= 4 is 26.5 Å². The lowest BCUT2D eigenvalue weighted by Gasteiger charge is -2.02. The molecule has 0 aliphatic rings. The van der Waals surface area contributed by atoms with Gasteiger partial charge in [-0.2, -0.15) is 0 Å². The molecule has 2 rings (SSSR count). The van der Waals surface area contributed by atoms with Crippen molar-refractivity contribution in [1.82, 2.24) is 9.55 Å². The molecule has 0 aliphatic carbocycles. The van der Waals surface area contributed by atoms with Crippen molar-refractivity contribution in [1.29, 1.82) is 0 Å². The Morgan fingerprint density at radius 1 is 1.43 bits per heavy atom. The number of aromatic nitrogens is 2. The van der Waals surface area contributed by atoms with Crippen LogP contribution in [0, 0.1) is 6.92 Å². The summed E-state index contributed by atoms with van der Waals surface area (Å²) in [5.74, 6) is 0. The van der Waals surface area contributed by atoms with Crippen LogP contribution < -0.4 is 10.5 Å². The zero-order valence-electron chi connectivity index (χ0n) is 12.4. The molecule has 0 saturated heterocycles. The van der Waals surface area contributed by atoms with Gasteiger partial charge in [-0.25, -0.2) is 13.4 Å². The van der Waals surface area contributed by atoms with Crippen molar-refractivity contribution in [2.75, 3.05) is 4.72 Å². The molecule has 2 heterocycles. The van der Waals surface area contributed by atoms with E-state index in [4.69, 9.17) is 5.73 Å². The smallest absolute Gasteiger partial charge is 0.265 e. The minimum atomic E-state index is -3.63. The van der Waals surface area contributed by atoms with E-state index in [0.717, 1.165) is 22.7 Å². The Kier molecular flexibility index (Phi) is 4.70. The standard InChI is InChI=1S/C13H20N4O2S2/c1-4-12-9(3)20-13(15-12)16-21(18,19)11-6-10(7-14)17(5-2)8-11/h6,8H,4-5,7,14H2,1-3H3,(H,15,16). The zero-order chi connectivity index (χ0) is 15.6. The van der Waals surface area contributed by atoms with Gasteiger partial charge in [0.25, 0.3) is 10.0 Å². The first kappa shape index (κ1) is 16.0. The molecule has 0 spiro atoms. The fourth-order valence-electron chi connectivity index (χ4n) is 2.11. The molecule has 2 aromatic rings. The van der Waals surface area contributed by atoms with Crippen molar-refractivity contribution in [2.24, 2.45) is 5.73 Å². The lowest BCUT2D eigenvalue weighted by molar-refractivity contribution is 0.600. The van der Waals surface area contributed by atoms with Crippen molar-refractivity contribution < 1.29 is 8.42 Å². The second-order valence-electron chi connectivity index (χ2n) is 4.64. The number of nitrogens with zero attached hydrogens (tertiary/aromatic N) is 2. The van der Waals surface area contributed by atoms with Crippen LogP contribution in [-0.2, 0) is 29.5 Å². The molecule has 0 aliphatic heterocycles. The quantitative estimate of drug-likeness (QED) is 0.849. The molecule has 116 valence electrons. The maximum Gasteiger partial charge on any atom is 0.265 e. The van der Waals surface area contributed by atoms with Gasteiger partial charge in [-0.05, 0) is 26.3 Å². The van der Waals surface area contributed by atoms with Crippen molar-refractivity contribution in [3.63, 3.8) is 0 Å². The molecule has 6 nitrogen and oxygen atoms in total. The average molecular weight is 328 g/mol. The minimum absolute atomic E-state index is 0.218. The zero-order valence-corrected chi connectivity index (χ0v) is 14.0. The molecule has 2 aromatic heterocycles. The maximum atomic E-state index is 12.4. The van der Waals surface area contributed by atoms with Crippen LogP contribution in [-0.4, -0.2) is 18.0 Å². The Hall–Kier alpha value is -1.38. The number of hydrogen-bond donors (Lipinski definition) is 2. The van der Waals surface area contributed by atoms with E-state index in [1.165, 1.54) is 11.3 Å². The van der Waals surface area contributed by atoms with Gasteiger partial charge in [-0.15, -0.1) is 11.3 Å². The third kappa shape index (κ3) is 3.28. The highest BCUT2D eigenvalue weighted by Crippen LogP contribution is 2.25. The number of nitrogens with two attached hydrogens (primary N) is 1. The van der Waals surface area contributed by atoms with Gasteiger partial charge in [-0.1, -0.05) is 6.92 Å². The first-order valence-electron chi connectivity index (χ1n) is 6.79. The van der Waals surface area contributed by atoms with Gasteiger partial charge in [0.2, 0.25) is 0 Å². The molecule has 0 atom stereocenters. The van der Waals surface area contributed by atoms with Crippen LogP contribution in [0.3, 0.4) is 0 Å². The molecule has 0 aromatic carbocycles. The third-order valence-electron chi connectivity index (χ3n) is 3.27. The van der Waals surface area contributed by atoms with E-state index in [1.807, 2.05) is 25.3 Å². The van der Waals surface area contributed by atoms with Crippen molar-refractivity contribution in [3.8, 4) is 0 Å². The molecule has 0 amide bonds. The Morgan fingerprint density at radius 3 is 2.62 bits per heavy atom. The van der Waals surface area contributed by atoms with E-state index >= 15 is 0 Å². The fraction of sp³-hybridized carbons (Fsp3) is 0.462. The number of aryl methyl sites for hydroxylation is 3. The van der Waals surface area contributed by atoms with E-state index in [9.17, 15) is 8.42 Å². The van der Waals surface area contributed by atoms with E-state index in [1.54, 1.807) is 12.3 Å². The van der Waals surface area contributed by atoms with E-state index in [2.05, 4.69) is 9.71 Å². The van der Waals surface area contributed by atoms with Gasteiger partial charge in [0.1, 0.15) is 4.90 Å². The summed E-state index contributed by atoms with van der Waals surface area (Å²) in [6, 6.07) is 1.60. The summed E-state index contributed by atoms with van der Waals surface area (Å²) >= 11 is 1.35. The Morgan fingerprint density at radius 2 is 2.14 bits per heavy atom. The Balaban J connectivity index is 2.31. The van der Waals surface area contributed by atoms with Gasteiger partial charge >= 0.3 is 0 Å². The first-order chi connectivity index (χ1) is 9.91. The monoisotopic (exact) mass is 328 g/mol. The summed E-state index contributed by atoms with van der Waals surface area (Å²) in [5.41, 5.74) is 7.35. The molecule has 0 saturated carbocycles. The normalized spacial score (nSPS) is 11.8. The maximum absolute atomic E-state index is 12.4. The summed E-state index contributed by atoms with van der Waals surface area (Å²) in [6.45, 7) is 6.86. The lowest BCUT2D eigenvalue weighted by Crippen LogP contribution is -2.12. The molecule has 8 heteroatoms. The highest BCUT2D eigenvalue weighted by Gasteiger charge is 2.20. The van der Waals surface area contributed by atoms with Crippen LogP contribution >= 0.6 is 11.3 Å². The summed E-state index contributed by atoms with van der Waals surface area (Å²) in [4.78, 5) is 5.55. The second kappa shape index (κ2) is 6.17. The van der Waals surface area contributed by atoms with E-state index in [0.29, 0.717) is 18.2 Å². The van der Waals surface area contributed by atoms with E-state index in [-0.39, 0.29) is 4.90 Å². The summed E-state index contributed by atoms with van der Waals surface area (Å²) in [5, 5.41) is 0.405. The molecule has 0 unspecified atom stereocenters. The topological polar surface area (TPSA) is 90.0 Å². The van der Waals surface area contributed by atoms with Gasteiger partial charge in [0, 0.05) is 29.9 Å². The number of nitrogens with one attached hydrogen (secondary N) is 1. The lowest BCUT2D eigenvalue weighted by atomic mass is 10.3. The molecular formula is C13H20N4O2S2. The number of anilines is 1. The van der Waals surface area contributed by atoms with Crippen LogP contribution in [0.15, 0.2) is 17.2 Å². The molecule has 0 bridgehead atoms. The van der Waals surface area contributed by atoms with Gasteiger partial charge in [0.05, 0.1) is 5.69 Å². The Labute approximate surface area is 129 Å². The number of hydrogen-bond acceptors (Lipinski definition) is 5. The van der Waals surface area contributed by atoms with Crippen LogP contribution in [0.25, 0.3) is 0 Å². The van der Waals surface area contributed by atoms with Crippen LogP contribution in [0.2, 0.25) is 0 Å². The predicted molar refractivity (Wildman–Crippen MR) is 85.0 cm³/mol. The molecule has 0 radical (unpaired) electrons. The third-order valence-corrected chi connectivity index (χ3v) is 5.63. The van der Waals surface area contributed by atoms with Crippen LogP contribution in [0.4, 0.5) is 5.13 Å². The fourth-order valence-corrected chi connectivity index (χ4v) is 4.31. The highest BCUT2D eigenvalue weighted by molar-refractivity contribution is 7.93. The minimum Gasteiger partial charge on any atom is -0.349 e. The molecule has 3 N–H and O–H groups in total. The van der Waals surface area contributed by atoms with Gasteiger partial charge in [0.15, 0.2) is 5.13 Å². The highest BCUT2D eigenvalue weighted by atomic mass is 32.2. The predicted octanol–water partition coefficient (Wildman–Crippen LogP) is 2.09. The summed E-state index contributed by atoms with van der Waals surface area (Å²) in [7, 11) is -3.63. The SMILES string of the molecule is CCc1nc(NS(=O)(=O)c2cc(CN)n(CC)c2)sc1C. The molecule has 0 fully saturated rings. The Bertz CT molecular complexity index is 710. The molecule has 21 heavy (non-hydrogen) atoms. The van der Waals surface area contributed by atoms with Crippen molar-refractivity contribution in [2.45, 2.75) is 45.2 Å². The number of sulfonamides is 1. The summed E-state index contributed by atoms with van der Waals surface area (Å²) < 4.78 is 29.2. The van der Waals surface area contributed by atoms with Crippen LogP contribution in [0.5, 0.6) is 0 Å². The average Bonchev–Trinajstić information content (AvgIpc) is 3.01. The van der Waals surface area contributed by atoms with Gasteiger partial charge < -0.3 is 10.3 Å². The number of rotatable bonds is 6. The second-order valence-corrected chi connectivity index (χ2v) is 7.52. The molecular weight excluding hydrogens is 308 g/mol. The van der Waals surface area contributed by atoms with E-state index < -0.39 is 10.0 Å². The van der Waals surface area contributed by atoms with Crippen LogP contribution in [0.1, 0.15) is 30.1 Å². The largest absolute Gasteiger partial charge is 0.349 e. The summed E-state index contributed by atoms with van der Waals surface area (Å²) in [6.07, 6.45) is 2.39. The van der Waals surface area contributed by atoms with Crippen molar-refractivity contribution in [3.05, 3.63) is 28.5 Å².